The molecule has 3 aromatic rings. The summed E-state index contributed by atoms with van der Waals surface area (Å²) in [6.45, 7) is 0.326. The van der Waals surface area contributed by atoms with Crippen LogP contribution < -0.4 is 5.32 Å². The molecule has 110 valence electrons. The van der Waals surface area contributed by atoms with Gasteiger partial charge >= 0.3 is 0 Å². The summed E-state index contributed by atoms with van der Waals surface area (Å²) in [4.78, 5) is 25.3. The van der Waals surface area contributed by atoms with Gasteiger partial charge in [0.1, 0.15) is 11.5 Å². The standard InChI is InChI=1S/C15H12N4O2S/c20-14(19-10-11-3-1-8-21-11)13-9-12(4-7-16-13)22-15-17-5-2-6-18-15/h1-9H,10H2,(H,19,20). The third kappa shape index (κ3) is 3.70. The van der Waals surface area contributed by atoms with E-state index in [1.165, 1.54) is 11.8 Å². The summed E-state index contributed by atoms with van der Waals surface area (Å²) in [5.74, 6) is 0.435. The number of nitrogens with zero attached hydrogens (tertiary/aromatic N) is 3. The van der Waals surface area contributed by atoms with Crippen LogP contribution in [0.5, 0.6) is 0 Å². The fraction of sp³-hybridized carbons (Fsp3) is 0.0667. The minimum Gasteiger partial charge on any atom is -0.467 e. The van der Waals surface area contributed by atoms with Gasteiger partial charge in [0.15, 0.2) is 5.16 Å². The maximum Gasteiger partial charge on any atom is 0.270 e. The smallest absolute Gasteiger partial charge is 0.270 e. The first-order valence-corrected chi connectivity index (χ1v) is 7.34. The number of aromatic nitrogens is 3. The third-order valence-electron chi connectivity index (χ3n) is 2.72. The molecule has 22 heavy (non-hydrogen) atoms. The second-order valence-electron chi connectivity index (χ2n) is 4.27. The largest absolute Gasteiger partial charge is 0.467 e. The van der Waals surface area contributed by atoms with E-state index >= 15 is 0 Å². The molecule has 0 fully saturated rings. The summed E-state index contributed by atoms with van der Waals surface area (Å²) >= 11 is 1.37. The Morgan fingerprint density at radius 1 is 1.14 bits per heavy atom. The van der Waals surface area contributed by atoms with Crippen LogP contribution in [0.1, 0.15) is 16.2 Å². The highest BCUT2D eigenvalue weighted by Crippen LogP contribution is 2.23. The van der Waals surface area contributed by atoms with Gasteiger partial charge in [-0.05, 0) is 42.1 Å². The second kappa shape index (κ2) is 6.86. The lowest BCUT2D eigenvalue weighted by Gasteiger charge is -2.04. The third-order valence-corrected chi connectivity index (χ3v) is 3.60. The van der Waals surface area contributed by atoms with Crippen LogP contribution in [0, 0.1) is 0 Å². The van der Waals surface area contributed by atoms with Crippen molar-refractivity contribution in [2.24, 2.45) is 0 Å². The molecule has 0 saturated heterocycles. The maximum atomic E-state index is 12.1. The van der Waals surface area contributed by atoms with E-state index in [2.05, 4.69) is 20.3 Å². The molecule has 3 aromatic heterocycles. The fourth-order valence-corrected chi connectivity index (χ4v) is 2.45. The van der Waals surface area contributed by atoms with Gasteiger partial charge in [-0.25, -0.2) is 9.97 Å². The number of hydrogen-bond donors (Lipinski definition) is 1. The Morgan fingerprint density at radius 2 is 2.00 bits per heavy atom. The van der Waals surface area contributed by atoms with Crippen molar-refractivity contribution in [1.29, 1.82) is 0 Å². The molecule has 0 aliphatic rings. The summed E-state index contributed by atoms with van der Waals surface area (Å²) in [6.07, 6.45) is 6.50. The Balaban J connectivity index is 1.66. The van der Waals surface area contributed by atoms with Crippen LogP contribution in [-0.4, -0.2) is 20.9 Å². The molecule has 0 saturated carbocycles. The number of amides is 1. The first kappa shape index (κ1) is 14.3. The van der Waals surface area contributed by atoms with E-state index in [4.69, 9.17) is 4.42 Å². The molecule has 0 aliphatic carbocycles. The van der Waals surface area contributed by atoms with Gasteiger partial charge < -0.3 is 9.73 Å². The molecule has 7 heteroatoms. The van der Waals surface area contributed by atoms with E-state index in [9.17, 15) is 4.79 Å². The quantitative estimate of drug-likeness (QED) is 0.729. The summed E-state index contributed by atoms with van der Waals surface area (Å²) in [7, 11) is 0. The summed E-state index contributed by atoms with van der Waals surface area (Å²) < 4.78 is 5.17. The minimum atomic E-state index is -0.257. The van der Waals surface area contributed by atoms with E-state index in [0.717, 1.165) is 4.90 Å². The minimum absolute atomic E-state index is 0.257. The molecule has 1 N–H and O–H groups in total. The Bertz CT molecular complexity index is 747. The van der Waals surface area contributed by atoms with Crippen molar-refractivity contribution in [2.45, 2.75) is 16.6 Å². The van der Waals surface area contributed by atoms with Crippen molar-refractivity contribution in [3.63, 3.8) is 0 Å². The summed E-state index contributed by atoms with van der Waals surface area (Å²) in [6, 6.07) is 8.84. The first-order chi connectivity index (χ1) is 10.8. The Morgan fingerprint density at radius 3 is 2.77 bits per heavy atom. The topological polar surface area (TPSA) is 80.9 Å². The average molecular weight is 312 g/mol. The molecule has 0 radical (unpaired) electrons. The number of rotatable bonds is 5. The average Bonchev–Trinajstić information content (AvgIpc) is 3.07. The molecule has 0 bridgehead atoms. The van der Waals surface area contributed by atoms with Gasteiger partial charge in [-0.1, -0.05) is 0 Å². The van der Waals surface area contributed by atoms with Gasteiger partial charge in [-0.2, -0.15) is 0 Å². The molecular weight excluding hydrogens is 300 g/mol. The van der Waals surface area contributed by atoms with Crippen molar-refractivity contribution in [3.05, 3.63) is 66.6 Å². The maximum absolute atomic E-state index is 12.1. The second-order valence-corrected chi connectivity index (χ2v) is 5.31. The molecule has 0 aliphatic heterocycles. The Labute approximate surface area is 131 Å². The Kier molecular flexibility index (Phi) is 4.45. The monoisotopic (exact) mass is 312 g/mol. The van der Waals surface area contributed by atoms with Gasteiger partial charge in [0, 0.05) is 23.5 Å². The van der Waals surface area contributed by atoms with E-state index in [1.807, 2.05) is 6.07 Å². The Hall–Kier alpha value is -2.67. The fourth-order valence-electron chi connectivity index (χ4n) is 1.71. The lowest BCUT2D eigenvalue weighted by Crippen LogP contribution is -2.23. The lowest BCUT2D eigenvalue weighted by molar-refractivity contribution is 0.0943. The van der Waals surface area contributed by atoms with E-state index in [1.54, 1.807) is 49.1 Å². The highest BCUT2D eigenvalue weighted by Gasteiger charge is 2.09. The predicted molar refractivity (Wildman–Crippen MR) is 80.3 cm³/mol. The zero-order valence-corrected chi connectivity index (χ0v) is 12.3. The van der Waals surface area contributed by atoms with E-state index in [0.29, 0.717) is 23.2 Å². The lowest BCUT2D eigenvalue weighted by atomic mass is 10.3. The van der Waals surface area contributed by atoms with Crippen molar-refractivity contribution in [2.75, 3.05) is 0 Å². The van der Waals surface area contributed by atoms with Crippen molar-refractivity contribution in [3.8, 4) is 0 Å². The van der Waals surface area contributed by atoms with Crippen LogP contribution in [0.15, 0.2) is 69.7 Å². The van der Waals surface area contributed by atoms with Crippen molar-refractivity contribution >= 4 is 17.7 Å². The zero-order valence-electron chi connectivity index (χ0n) is 11.5. The van der Waals surface area contributed by atoms with Crippen molar-refractivity contribution in [1.82, 2.24) is 20.3 Å². The number of pyridine rings is 1. The molecule has 0 spiro atoms. The number of hydrogen-bond acceptors (Lipinski definition) is 6. The molecular formula is C15H12N4O2S. The predicted octanol–water partition coefficient (Wildman–Crippen LogP) is 2.55. The van der Waals surface area contributed by atoms with Crippen LogP contribution in [0.2, 0.25) is 0 Å². The normalized spacial score (nSPS) is 10.4. The number of carbonyl (C=O) groups excluding carboxylic acids is 1. The van der Waals surface area contributed by atoms with Gasteiger partial charge in [0.05, 0.1) is 12.8 Å². The highest BCUT2D eigenvalue weighted by atomic mass is 32.2. The SMILES string of the molecule is O=C(NCc1ccco1)c1cc(Sc2ncccn2)ccn1. The van der Waals surface area contributed by atoms with Gasteiger partial charge in [-0.3, -0.25) is 9.78 Å². The number of furan rings is 1. The number of nitrogens with one attached hydrogen (secondary N) is 1. The zero-order chi connectivity index (χ0) is 15.2. The van der Waals surface area contributed by atoms with Gasteiger partial charge in [-0.15, -0.1) is 0 Å². The molecule has 0 unspecified atom stereocenters. The molecule has 6 nitrogen and oxygen atoms in total. The molecule has 3 heterocycles. The number of carbonyl (C=O) groups is 1. The molecule has 0 atom stereocenters. The van der Waals surface area contributed by atoms with E-state index in [-0.39, 0.29) is 5.91 Å². The highest BCUT2D eigenvalue weighted by molar-refractivity contribution is 7.99. The molecule has 1 amide bonds. The summed E-state index contributed by atoms with van der Waals surface area (Å²) in [5, 5.41) is 3.38. The van der Waals surface area contributed by atoms with Gasteiger partial charge in [0.2, 0.25) is 0 Å². The van der Waals surface area contributed by atoms with Crippen LogP contribution in [0.4, 0.5) is 0 Å². The van der Waals surface area contributed by atoms with Gasteiger partial charge in [0.25, 0.3) is 5.91 Å². The van der Waals surface area contributed by atoms with Crippen LogP contribution in [0.3, 0.4) is 0 Å². The van der Waals surface area contributed by atoms with Crippen LogP contribution in [-0.2, 0) is 6.54 Å². The first-order valence-electron chi connectivity index (χ1n) is 6.53. The van der Waals surface area contributed by atoms with Crippen LogP contribution in [0.25, 0.3) is 0 Å². The van der Waals surface area contributed by atoms with E-state index < -0.39 is 0 Å². The van der Waals surface area contributed by atoms with Crippen LogP contribution >= 0.6 is 11.8 Å². The molecule has 3 rings (SSSR count). The van der Waals surface area contributed by atoms with Crippen molar-refractivity contribution < 1.29 is 9.21 Å². The summed E-state index contributed by atoms with van der Waals surface area (Å²) in [5.41, 5.74) is 0.340. The molecule has 0 aromatic carbocycles.